The fraction of sp³-hybridized carbons (Fsp3) is 0.300. The van der Waals surface area contributed by atoms with E-state index >= 15 is 0 Å². The molecule has 0 aromatic heterocycles. The Hall–Kier alpha value is -2.82. The molecule has 0 amide bonds. The molecule has 25 heavy (non-hydrogen) atoms. The lowest BCUT2D eigenvalue weighted by Crippen LogP contribution is -2.51. The molecule has 1 aliphatic carbocycles. The molecule has 5 heteroatoms. The van der Waals surface area contributed by atoms with Crippen molar-refractivity contribution in [2.24, 2.45) is 0 Å². The first-order valence-corrected chi connectivity index (χ1v) is 8.71. The minimum Gasteiger partial charge on any atom is -0.623 e. The number of para-hydroxylation sites is 1. The molecule has 0 radical (unpaired) electrons. The van der Waals surface area contributed by atoms with E-state index in [0.717, 1.165) is 41.7 Å². The van der Waals surface area contributed by atoms with Gasteiger partial charge in [-0.2, -0.15) is 4.74 Å². The van der Waals surface area contributed by atoms with Crippen LogP contribution in [0.4, 0.5) is 0 Å². The summed E-state index contributed by atoms with van der Waals surface area (Å²) in [6.45, 7) is 0. The minimum atomic E-state index is -0.181. The molecule has 0 unspecified atom stereocenters. The van der Waals surface area contributed by atoms with Crippen LogP contribution in [-0.2, 0) is 0 Å². The summed E-state index contributed by atoms with van der Waals surface area (Å²) in [5, 5.41) is 23.0. The average molecular weight is 337 g/mol. The SMILES string of the molecule is [O-][N+]1=C(c2ccc(Oc3ccccc3)cc2)C=[N+](O)[C@H]2CCCC[C@@H]21. The van der Waals surface area contributed by atoms with Crippen molar-refractivity contribution in [2.45, 2.75) is 37.8 Å². The highest BCUT2D eigenvalue weighted by Crippen LogP contribution is 2.26. The van der Waals surface area contributed by atoms with Gasteiger partial charge < -0.3 is 9.94 Å². The Balaban J connectivity index is 1.59. The fourth-order valence-electron chi connectivity index (χ4n) is 3.65. The first-order valence-electron chi connectivity index (χ1n) is 8.71. The lowest BCUT2D eigenvalue weighted by molar-refractivity contribution is -0.819. The average Bonchev–Trinajstić information content (AvgIpc) is 2.66. The van der Waals surface area contributed by atoms with E-state index in [2.05, 4.69) is 0 Å². The van der Waals surface area contributed by atoms with Gasteiger partial charge >= 0.3 is 0 Å². The van der Waals surface area contributed by atoms with Crippen LogP contribution in [0.25, 0.3) is 0 Å². The van der Waals surface area contributed by atoms with Crippen LogP contribution in [-0.4, -0.2) is 38.7 Å². The molecule has 4 rings (SSSR count). The number of nitrogens with zero attached hydrogens (tertiary/aromatic N) is 2. The van der Waals surface area contributed by atoms with Crippen molar-refractivity contribution in [1.29, 1.82) is 0 Å². The number of hydrogen-bond acceptors (Lipinski definition) is 3. The largest absolute Gasteiger partial charge is 0.623 e. The lowest BCUT2D eigenvalue weighted by Gasteiger charge is -2.28. The van der Waals surface area contributed by atoms with Crippen LogP contribution in [0, 0.1) is 5.21 Å². The van der Waals surface area contributed by atoms with Crippen LogP contribution >= 0.6 is 0 Å². The zero-order valence-corrected chi connectivity index (χ0v) is 13.9. The van der Waals surface area contributed by atoms with Crippen LogP contribution in [0.1, 0.15) is 31.2 Å². The Labute approximate surface area is 146 Å². The molecule has 128 valence electrons. The second-order valence-electron chi connectivity index (χ2n) is 6.58. The summed E-state index contributed by atoms with van der Waals surface area (Å²) < 4.78 is 8.08. The molecule has 5 nitrogen and oxygen atoms in total. The highest BCUT2D eigenvalue weighted by molar-refractivity contribution is 6.34. The fourth-order valence-corrected chi connectivity index (χ4v) is 3.65. The van der Waals surface area contributed by atoms with Gasteiger partial charge in [-0.05, 0) is 54.0 Å². The predicted octanol–water partition coefficient (Wildman–Crippen LogP) is 3.58. The Morgan fingerprint density at radius 3 is 2.24 bits per heavy atom. The Morgan fingerprint density at radius 2 is 1.52 bits per heavy atom. The summed E-state index contributed by atoms with van der Waals surface area (Å²) in [6, 6.07) is 16.7. The van der Waals surface area contributed by atoms with Crippen molar-refractivity contribution in [1.82, 2.24) is 0 Å². The van der Waals surface area contributed by atoms with Crippen molar-refractivity contribution < 1.29 is 19.4 Å². The zero-order chi connectivity index (χ0) is 17.2. The molecule has 1 heterocycles. The van der Waals surface area contributed by atoms with Gasteiger partial charge in [0.05, 0.1) is 5.56 Å². The van der Waals surface area contributed by atoms with Gasteiger partial charge in [0.15, 0.2) is 0 Å². The maximum Gasteiger partial charge on any atom is 0.288 e. The molecule has 1 fully saturated rings. The van der Waals surface area contributed by atoms with E-state index in [1.54, 1.807) is 6.21 Å². The van der Waals surface area contributed by atoms with Gasteiger partial charge in [0, 0.05) is 12.8 Å². The van der Waals surface area contributed by atoms with E-state index < -0.39 is 0 Å². The first-order chi connectivity index (χ1) is 12.2. The number of hydroxylamine groups is 2. The highest BCUT2D eigenvalue weighted by Gasteiger charge is 2.45. The van der Waals surface area contributed by atoms with E-state index in [-0.39, 0.29) is 12.1 Å². The van der Waals surface area contributed by atoms with Crippen molar-refractivity contribution in [3.05, 3.63) is 65.4 Å². The molecular weight excluding hydrogens is 316 g/mol. The normalized spacial score (nSPS) is 23.0. The Kier molecular flexibility index (Phi) is 4.14. The van der Waals surface area contributed by atoms with E-state index in [4.69, 9.17) is 4.74 Å². The number of ether oxygens (including phenoxy) is 1. The number of fused-ring (bicyclic) bond motifs is 1. The molecule has 2 atom stereocenters. The van der Waals surface area contributed by atoms with E-state index in [1.165, 1.54) is 4.74 Å². The smallest absolute Gasteiger partial charge is 0.288 e. The summed E-state index contributed by atoms with van der Waals surface area (Å²) in [7, 11) is 0. The predicted molar refractivity (Wildman–Crippen MR) is 94.8 cm³/mol. The number of rotatable bonds is 3. The Morgan fingerprint density at radius 1 is 0.880 bits per heavy atom. The number of hydrogen-bond donors (Lipinski definition) is 1. The van der Waals surface area contributed by atoms with E-state index in [0.29, 0.717) is 11.5 Å². The molecule has 0 saturated heterocycles. The molecule has 1 aliphatic heterocycles. The minimum absolute atomic E-state index is 0.101. The lowest BCUT2D eigenvalue weighted by atomic mass is 9.89. The topological polar surface area (TPSA) is 58.5 Å². The van der Waals surface area contributed by atoms with Crippen LogP contribution in [0.15, 0.2) is 54.6 Å². The molecule has 2 aromatic carbocycles. The molecule has 1 saturated carbocycles. The molecule has 0 spiro atoms. The maximum atomic E-state index is 12.8. The van der Waals surface area contributed by atoms with E-state index in [1.807, 2.05) is 54.6 Å². The quantitative estimate of drug-likeness (QED) is 0.529. The third-order valence-corrected chi connectivity index (χ3v) is 4.96. The third kappa shape index (κ3) is 3.09. The second kappa shape index (κ2) is 6.59. The van der Waals surface area contributed by atoms with Crippen molar-refractivity contribution in [2.75, 3.05) is 0 Å². The molecule has 1 N–H and O–H groups in total. The van der Waals surface area contributed by atoms with E-state index in [9.17, 15) is 10.4 Å². The highest BCUT2D eigenvalue weighted by atomic mass is 16.5. The Bertz CT molecular complexity index is 813. The summed E-state index contributed by atoms with van der Waals surface area (Å²) in [5.74, 6) is 1.48. The van der Waals surface area contributed by atoms with Crippen LogP contribution < -0.4 is 4.74 Å². The van der Waals surface area contributed by atoms with Gasteiger partial charge in [-0.3, -0.25) is 5.21 Å². The van der Waals surface area contributed by atoms with Crippen molar-refractivity contribution in [3.8, 4) is 11.5 Å². The van der Waals surface area contributed by atoms with Crippen LogP contribution in [0.2, 0.25) is 0 Å². The summed E-state index contributed by atoms with van der Waals surface area (Å²) >= 11 is 0. The van der Waals surface area contributed by atoms with Crippen LogP contribution in [0.5, 0.6) is 11.5 Å². The van der Waals surface area contributed by atoms with Crippen molar-refractivity contribution >= 4 is 11.9 Å². The second-order valence-corrected chi connectivity index (χ2v) is 6.58. The summed E-state index contributed by atoms with van der Waals surface area (Å²) in [4.78, 5) is 0. The third-order valence-electron chi connectivity index (χ3n) is 4.96. The number of benzene rings is 2. The van der Waals surface area contributed by atoms with Crippen LogP contribution in [0.3, 0.4) is 0 Å². The molecule has 2 aliphatic rings. The monoisotopic (exact) mass is 337 g/mol. The maximum absolute atomic E-state index is 12.8. The van der Waals surface area contributed by atoms with Crippen molar-refractivity contribution in [3.63, 3.8) is 0 Å². The zero-order valence-electron chi connectivity index (χ0n) is 13.9. The van der Waals surface area contributed by atoms with Gasteiger partial charge in [-0.15, -0.1) is 0 Å². The van der Waals surface area contributed by atoms with Gasteiger partial charge in [0.25, 0.3) is 18.0 Å². The van der Waals surface area contributed by atoms with Gasteiger partial charge in [-0.1, -0.05) is 18.2 Å². The molecular formula is C20H21N2O3+. The molecule has 0 bridgehead atoms. The summed E-state index contributed by atoms with van der Waals surface area (Å²) in [6.07, 6.45) is 5.31. The standard InChI is InChI=1S/C20H21N2O3/c23-21-14-20(22(24)19-9-5-4-8-18(19)21)15-10-12-17(13-11-15)25-16-6-2-1-3-7-16/h1-3,6-7,10-14,18-19,23H,4-5,8-9H2/q+1/t18-,19-/m0/s1. The van der Waals surface area contributed by atoms with Gasteiger partial charge in [0.2, 0.25) is 6.04 Å². The molecule has 2 aromatic rings. The van der Waals surface area contributed by atoms with Gasteiger partial charge in [0.1, 0.15) is 11.5 Å². The summed E-state index contributed by atoms with van der Waals surface area (Å²) in [5.41, 5.74) is 1.27. The van der Waals surface area contributed by atoms with Gasteiger partial charge in [-0.25, -0.2) is 0 Å². The first kappa shape index (κ1) is 15.7.